The Hall–Kier alpha value is -3.89. The largest absolute Gasteiger partial charge is 0.494 e. The lowest BCUT2D eigenvalue weighted by atomic mass is 9.87. The Bertz CT molecular complexity index is 1260. The second kappa shape index (κ2) is 6.93. The molecule has 11 heteroatoms. The molecule has 0 aliphatic carbocycles. The van der Waals surface area contributed by atoms with Crippen molar-refractivity contribution in [2.75, 3.05) is 0 Å². The van der Waals surface area contributed by atoms with E-state index in [1.807, 2.05) is 0 Å². The zero-order chi connectivity index (χ0) is 21.6. The maximum atomic E-state index is 12.9. The first-order chi connectivity index (χ1) is 13.6. The predicted molar refractivity (Wildman–Crippen MR) is 102 cm³/mol. The van der Waals surface area contributed by atoms with E-state index in [1.54, 1.807) is 12.1 Å². The second-order valence-corrected chi connectivity index (χ2v) is 6.61. The summed E-state index contributed by atoms with van der Waals surface area (Å²) in [5.41, 5.74) is -3.56. The van der Waals surface area contributed by atoms with E-state index in [0.717, 1.165) is 18.3 Å². The highest BCUT2D eigenvalue weighted by Crippen LogP contribution is 2.35. The Balaban J connectivity index is 2.57. The summed E-state index contributed by atoms with van der Waals surface area (Å²) in [4.78, 5) is 54.1. The fourth-order valence-electron chi connectivity index (χ4n) is 3.25. The highest BCUT2D eigenvalue weighted by atomic mass is 16.3. The molecule has 3 heterocycles. The summed E-state index contributed by atoms with van der Waals surface area (Å²) in [6.07, 6.45) is 2.83. The lowest BCUT2D eigenvalue weighted by Crippen LogP contribution is -2.42. The summed E-state index contributed by atoms with van der Waals surface area (Å²) in [6.45, 7) is 0. The van der Waals surface area contributed by atoms with Crippen LogP contribution < -0.4 is 22.5 Å². The van der Waals surface area contributed by atoms with Crippen molar-refractivity contribution in [1.82, 2.24) is 23.3 Å². The fourth-order valence-corrected chi connectivity index (χ4v) is 3.25. The third kappa shape index (κ3) is 2.87. The number of hydrogen-bond acceptors (Lipinski definition) is 7. The van der Waals surface area contributed by atoms with Gasteiger partial charge in [-0.3, -0.25) is 32.8 Å². The predicted octanol–water partition coefficient (Wildman–Crippen LogP) is -1.53. The average molecular weight is 401 g/mol. The van der Waals surface area contributed by atoms with Crippen molar-refractivity contribution in [2.45, 2.75) is 5.92 Å². The number of aromatic nitrogens is 5. The monoisotopic (exact) mass is 401 g/mol. The number of pyridine rings is 1. The van der Waals surface area contributed by atoms with Crippen molar-refractivity contribution in [1.29, 1.82) is 0 Å². The van der Waals surface area contributed by atoms with Gasteiger partial charge in [-0.05, 0) is 11.6 Å². The first-order valence-corrected chi connectivity index (χ1v) is 8.47. The molecule has 3 rings (SSSR count). The zero-order valence-corrected chi connectivity index (χ0v) is 16.2. The minimum absolute atomic E-state index is 0.296. The lowest BCUT2D eigenvalue weighted by Gasteiger charge is -2.21. The minimum Gasteiger partial charge on any atom is -0.494 e. The zero-order valence-electron chi connectivity index (χ0n) is 16.2. The molecule has 152 valence electrons. The summed E-state index contributed by atoms with van der Waals surface area (Å²) in [5, 5.41) is 21.2. The summed E-state index contributed by atoms with van der Waals surface area (Å²) in [5.74, 6) is -2.62. The quantitative estimate of drug-likeness (QED) is 0.542. The highest BCUT2D eigenvalue weighted by molar-refractivity contribution is 5.47. The summed E-state index contributed by atoms with van der Waals surface area (Å²) < 4.78 is 3.26. The molecule has 0 bridgehead atoms. The topological polar surface area (TPSA) is 141 Å². The van der Waals surface area contributed by atoms with Gasteiger partial charge in [-0.25, -0.2) is 9.59 Å². The van der Waals surface area contributed by atoms with E-state index in [1.165, 1.54) is 40.6 Å². The molecule has 0 saturated heterocycles. The van der Waals surface area contributed by atoms with Gasteiger partial charge in [-0.15, -0.1) is 0 Å². The first-order valence-electron chi connectivity index (χ1n) is 8.47. The van der Waals surface area contributed by atoms with Gasteiger partial charge in [0.15, 0.2) is 0 Å². The molecular formula is C18H19N5O6. The molecule has 0 aliphatic heterocycles. The Labute approximate surface area is 163 Å². The standard InChI is InChI=1S/C18H19N5O6/c1-20-13(24)11(14(25)21(2)17(20)28)10(9-6-5-7-19-8-9)12-15(26)22(3)18(29)23(4)16(12)27/h5-8,10,24,26H,1-4H3. The highest BCUT2D eigenvalue weighted by Gasteiger charge is 2.33. The Morgan fingerprint density at radius 1 is 0.793 bits per heavy atom. The SMILES string of the molecule is Cn1c(O)c(C(c2cccnc2)c2c(O)n(C)c(=O)n(C)c2=O)c(=O)n(C)c1=O. The van der Waals surface area contributed by atoms with E-state index in [2.05, 4.69) is 4.98 Å². The molecule has 0 aliphatic rings. The van der Waals surface area contributed by atoms with Crippen LogP contribution in [0.4, 0.5) is 0 Å². The van der Waals surface area contributed by atoms with Crippen molar-refractivity contribution in [3.8, 4) is 11.8 Å². The molecule has 0 amide bonds. The van der Waals surface area contributed by atoms with Crippen molar-refractivity contribution in [3.05, 3.63) is 82.9 Å². The van der Waals surface area contributed by atoms with Gasteiger partial charge in [0.25, 0.3) is 11.1 Å². The van der Waals surface area contributed by atoms with Gasteiger partial charge < -0.3 is 10.2 Å². The normalized spacial score (nSPS) is 11.2. The van der Waals surface area contributed by atoms with E-state index >= 15 is 0 Å². The first kappa shape index (κ1) is 19.9. The van der Waals surface area contributed by atoms with Crippen LogP contribution in [0.2, 0.25) is 0 Å². The van der Waals surface area contributed by atoms with E-state index < -0.39 is 40.2 Å². The third-order valence-corrected chi connectivity index (χ3v) is 4.93. The number of aromatic hydroxyl groups is 2. The summed E-state index contributed by atoms with van der Waals surface area (Å²) in [6, 6.07) is 3.10. The maximum Gasteiger partial charge on any atom is 0.333 e. The molecule has 0 fully saturated rings. The van der Waals surface area contributed by atoms with Gasteiger partial charge in [0.05, 0.1) is 17.0 Å². The second-order valence-electron chi connectivity index (χ2n) is 6.61. The van der Waals surface area contributed by atoms with Gasteiger partial charge in [-0.1, -0.05) is 6.07 Å². The molecule has 3 aromatic heterocycles. The van der Waals surface area contributed by atoms with Crippen molar-refractivity contribution >= 4 is 0 Å². The van der Waals surface area contributed by atoms with Crippen LogP contribution in [0, 0.1) is 0 Å². The molecule has 0 saturated carbocycles. The van der Waals surface area contributed by atoms with Gasteiger partial charge in [0, 0.05) is 40.6 Å². The van der Waals surface area contributed by atoms with E-state index in [9.17, 15) is 29.4 Å². The van der Waals surface area contributed by atoms with Crippen molar-refractivity contribution in [2.24, 2.45) is 28.2 Å². The average Bonchev–Trinajstić information content (AvgIpc) is 2.73. The van der Waals surface area contributed by atoms with Crippen LogP contribution in [0.1, 0.15) is 22.6 Å². The van der Waals surface area contributed by atoms with E-state index in [4.69, 9.17) is 0 Å². The molecule has 0 unspecified atom stereocenters. The van der Waals surface area contributed by atoms with Crippen LogP contribution in [-0.2, 0) is 28.2 Å². The number of hydrogen-bond donors (Lipinski definition) is 2. The molecule has 11 nitrogen and oxygen atoms in total. The smallest absolute Gasteiger partial charge is 0.333 e. The Kier molecular flexibility index (Phi) is 4.74. The molecule has 0 radical (unpaired) electrons. The molecule has 0 spiro atoms. The van der Waals surface area contributed by atoms with Crippen molar-refractivity contribution in [3.63, 3.8) is 0 Å². The fraction of sp³-hybridized carbons (Fsp3) is 0.278. The van der Waals surface area contributed by atoms with Crippen LogP contribution in [0.3, 0.4) is 0 Å². The summed E-state index contributed by atoms with van der Waals surface area (Å²) in [7, 11) is 4.98. The van der Waals surface area contributed by atoms with Crippen LogP contribution in [0.5, 0.6) is 11.8 Å². The van der Waals surface area contributed by atoms with Crippen LogP contribution in [0.15, 0.2) is 43.7 Å². The molecule has 2 N–H and O–H groups in total. The van der Waals surface area contributed by atoms with Gasteiger partial charge >= 0.3 is 11.4 Å². The Morgan fingerprint density at radius 2 is 1.24 bits per heavy atom. The van der Waals surface area contributed by atoms with Gasteiger partial charge in [0.2, 0.25) is 11.8 Å². The maximum absolute atomic E-state index is 12.9. The molecule has 0 atom stereocenters. The molecular weight excluding hydrogens is 382 g/mol. The molecule has 0 aromatic carbocycles. The lowest BCUT2D eigenvalue weighted by molar-refractivity contribution is 0.391. The number of nitrogens with zero attached hydrogens (tertiary/aromatic N) is 5. The third-order valence-electron chi connectivity index (χ3n) is 4.93. The van der Waals surface area contributed by atoms with Crippen LogP contribution in [0.25, 0.3) is 0 Å². The van der Waals surface area contributed by atoms with Crippen LogP contribution in [-0.4, -0.2) is 33.5 Å². The van der Waals surface area contributed by atoms with E-state index in [0.29, 0.717) is 5.56 Å². The molecule has 3 aromatic rings. The Morgan fingerprint density at radius 3 is 1.62 bits per heavy atom. The van der Waals surface area contributed by atoms with Crippen LogP contribution >= 0.6 is 0 Å². The molecule has 29 heavy (non-hydrogen) atoms. The van der Waals surface area contributed by atoms with Gasteiger partial charge in [-0.2, -0.15) is 0 Å². The van der Waals surface area contributed by atoms with Gasteiger partial charge in [0.1, 0.15) is 0 Å². The minimum atomic E-state index is -1.29. The number of rotatable bonds is 3. The van der Waals surface area contributed by atoms with Crippen molar-refractivity contribution < 1.29 is 10.2 Å². The van der Waals surface area contributed by atoms with E-state index in [-0.39, 0.29) is 11.1 Å². The summed E-state index contributed by atoms with van der Waals surface area (Å²) >= 11 is 0.